The molecule has 3 radical (unpaired) electrons. The summed E-state index contributed by atoms with van der Waals surface area (Å²) in [4.78, 5) is 0. The van der Waals surface area contributed by atoms with Gasteiger partial charge in [0.2, 0.25) is 0 Å². The molecule has 0 aliphatic heterocycles. The molecule has 0 atom stereocenters. The van der Waals surface area contributed by atoms with Crippen LogP contribution in [0.2, 0.25) is 0 Å². The average molecular weight is 336 g/mol. The standard InChI is InChI=1S/C2Br3Ge/c3-1(4)2(5)6. The molecule has 0 aromatic heterocycles. The van der Waals surface area contributed by atoms with E-state index < -0.39 is 0 Å². The zero-order valence-corrected chi connectivity index (χ0v) is 9.49. The second-order valence-corrected chi connectivity index (χ2v) is 6.60. The van der Waals surface area contributed by atoms with Gasteiger partial charge >= 0.3 is 71.0 Å². The van der Waals surface area contributed by atoms with Crippen LogP contribution >= 0.6 is 47.8 Å². The van der Waals surface area contributed by atoms with E-state index in [2.05, 4.69) is 47.8 Å². The second-order valence-electron chi connectivity index (χ2n) is 0.574. The van der Waals surface area contributed by atoms with Gasteiger partial charge in [0, 0.05) is 0 Å². The van der Waals surface area contributed by atoms with Gasteiger partial charge in [-0.05, 0) is 0 Å². The van der Waals surface area contributed by atoms with Crippen molar-refractivity contribution in [3.05, 3.63) is 6.71 Å². The Morgan fingerprint density at radius 3 is 1.33 bits per heavy atom. The van der Waals surface area contributed by atoms with Gasteiger partial charge in [-0.1, -0.05) is 0 Å². The molecule has 0 rings (SSSR count). The molecule has 0 aromatic carbocycles. The molecule has 0 saturated heterocycles. The van der Waals surface area contributed by atoms with Gasteiger partial charge in [0.15, 0.2) is 0 Å². The van der Waals surface area contributed by atoms with Crippen LogP contribution in [0.1, 0.15) is 0 Å². The van der Waals surface area contributed by atoms with E-state index in [-0.39, 0.29) is 0 Å². The van der Waals surface area contributed by atoms with Crippen molar-refractivity contribution in [3.8, 4) is 0 Å². The second kappa shape index (κ2) is 3.69. The fourth-order valence-corrected chi connectivity index (χ4v) is 0. The molecule has 0 amide bonds. The minimum atomic E-state index is 0.968. The molecule has 0 heterocycles. The van der Waals surface area contributed by atoms with Gasteiger partial charge in [-0.2, -0.15) is 0 Å². The number of halogens is 3. The molecule has 0 spiro atoms. The van der Waals surface area contributed by atoms with E-state index in [1.54, 1.807) is 0 Å². The van der Waals surface area contributed by atoms with Crippen molar-refractivity contribution in [1.29, 1.82) is 0 Å². The Morgan fingerprint density at radius 1 is 1.17 bits per heavy atom. The molecule has 0 aliphatic carbocycles. The summed E-state index contributed by atoms with van der Waals surface area (Å²) in [7, 11) is 0. The molecule has 4 heteroatoms. The summed E-state index contributed by atoms with van der Waals surface area (Å²) < 4.78 is 2.04. The van der Waals surface area contributed by atoms with Gasteiger partial charge in [0.1, 0.15) is 0 Å². The Labute approximate surface area is 70.4 Å². The summed E-state index contributed by atoms with van der Waals surface area (Å²) in [5.74, 6) is 0. The first-order valence-electron chi connectivity index (χ1n) is 1.07. The zero-order chi connectivity index (χ0) is 5.15. The van der Waals surface area contributed by atoms with Crippen molar-refractivity contribution in [2.45, 2.75) is 0 Å². The first kappa shape index (κ1) is 7.72. The summed E-state index contributed by atoms with van der Waals surface area (Å²) in [5, 5.41) is 0. The normalized spacial score (nSPS) is 8.00. The SMILES string of the molecule is [Ge][C](Br)=C(Br)Br. The molecule has 0 unspecified atom stereocenters. The van der Waals surface area contributed by atoms with E-state index in [0.29, 0.717) is 0 Å². The quantitative estimate of drug-likeness (QED) is 0.596. The van der Waals surface area contributed by atoms with Crippen LogP contribution in [-0.4, -0.2) is 16.5 Å². The van der Waals surface area contributed by atoms with Crippen molar-refractivity contribution in [1.82, 2.24) is 0 Å². The monoisotopic (exact) mass is 335 g/mol. The maximum atomic E-state index is 3.22. The van der Waals surface area contributed by atoms with Crippen LogP contribution < -0.4 is 0 Å². The van der Waals surface area contributed by atoms with Gasteiger partial charge in [-0.25, -0.2) is 0 Å². The Hall–Kier alpha value is 1.72. The fraction of sp³-hybridized carbons (Fsp3) is 0. The van der Waals surface area contributed by atoms with E-state index in [0.717, 1.165) is 6.71 Å². The molecular weight excluding hydrogens is 336 g/mol. The third-order valence-corrected chi connectivity index (χ3v) is 4.48. The van der Waals surface area contributed by atoms with Crippen LogP contribution in [0.25, 0.3) is 0 Å². The van der Waals surface area contributed by atoms with Gasteiger partial charge < -0.3 is 0 Å². The van der Waals surface area contributed by atoms with Crippen molar-refractivity contribution in [2.75, 3.05) is 0 Å². The maximum absolute atomic E-state index is 3.22. The third kappa shape index (κ3) is 3.90. The molecule has 0 fully saturated rings. The average Bonchev–Trinajstić information content (AvgIpc) is 1.36. The summed E-state index contributed by atoms with van der Waals surface area (Å²) in [6, 6.07) is 0. The Kier molecular flexibility index (Phi) is 4.75. The van der Waals surface area contributed by atoms with E-state index in [1.807, 2.05) is 16.5 Å². The summed E-state index contributed by atoms with van der Waals surface area (Å²) >= 11 is 11.5. The van der Waals surface area contributed by atoms with Crippen LogP contribution in [-0.2, 0) is 0 Å². The predicted molar refractivity (Wildman–Crippen MR) is 39.6 cm³/mol. The molecular formula is C2Br3Ge. The van der Waals surface area contributed by atoms with Crippen molar-refractivity contribution in [3.63, 3.8) is 0 Å². The molecule has 0 N–H and O–H groups in total. The molecule has 0 aliphatic rings. The Morgan fingerprint density at radius 2 is 1.33 bits per heavy atom. The number of rotatable bonds is 0. The van der Waals surface area contributed by atoms with Crippen LogP contribution in [0.3, 0.4) is 0 Å². The molecule has 6 heavy (non-hydrogen) atoms. The Balaban J connectivity index is 3.68. The van der Waals surface area contributed by atoms with E-state index in [9.17, 15) is 0 Å². The van der Waals surface area contributed by atoms with Gasteiger partial charge in [0.05, 0.1) is 0 Å². The van der Waals surface area contributed by atoms with Crippen LogP contribution in [0, 0.1) is 0 Å². The summed E-state index contributed by atoms with van der Waals surface area (Å²) in [5.41, 5.74) is 0. The van der Waals surface area contributed by atoms with E-state index in [4.69, 9.17) is 0 Å². The van der Waals surface area contributed by atoms with Crippen molar-refractivity contribution >= 4 is 64.3 Å². The van der Waals surface area contributed by atoms with Crippen molar-refractivity contribution in [2.24, 2.45) is 0 Å². The van der Waals surface area contributed by atoms with Gasteiger partial charge in [-0.15, -0.1) is 0 Å². The minimum absolute atomic E-state index is 0.968. The molecule has 33 valence electrons. The van der Waals surface area contributed by atoms with E-state index >= 15 is 0 Å². The summed E-state index contributed by atoms with van der Waals surface area (Å²) in [6.07, 6.45) is 0. The Bertz CT molecular complexity index is 58.9. The predicted octanol–water partition coefficient (Wildman–Crippen LogP) is 2.47. The van der Waals surface area contributed by atoms with E-state index in [1.165, 1.54) is 0 Å². The molecule has 0 bridgehead atoms. The zero-order valence-electron chi connectivity index (χ0n) is 2.63. The first-order chi connectivity index (χ1) is 2.64. The fourth-order valence-electron chi connectivity index (χ4n) is 0. The van der Waals surface area contributed by atoms with Crippen LogP contribution in [0.4, 0.5) is 0 Å². The first-order valence-corrected chi connectivity index (χ1v) is 4.49. The van der Waals surface area contributed by atoms with Gasteiger partial charge in [0.25, 0.3) is 0 Å². The van der Waals surface area contributed by atoms with Crippen LogP contribution in [0.5, 0.6) is 0 Å². The topological polar surface area (TPSA) is 0 Å². The molecule has 0 aromatic rings. The summed E-state index contributed by atoms with van der Waals surface area (Å²) in [6.45, 7) is 0. The number of hydrogen-bond donors (Lipinski definition) is 0. The molecule has 0 nitrogen and oxygen atoms in total. The third-order valence-electron chi connectivity index (χ3n) is 0.166. The van der Waals surface area contributed by atoms with Crippen LogP contribution in [0.15, 0.2) is 6.71 Å². The molecule has 0 saturated carbocycles. The number of hydrogen-bond acceptors (Lipinski definition) is 0. The van der Waals surface area contributed by atoms with Crippen molar-refractivity contribution < 1.29 is 0 Å². The van der Waals surface area contributed by atoms with Gasteiger partial charge in [-0.3, -0.25) is 0 Å².